The van der Waals surface area contributed by atoms with Gasteiger partial charge in [0, 0.05) is 12.0 Å². The molecule has 86 valence electrons. The number of hydrogen-bond donors (Lipinski definition) is 1. The largest absolute Gasteiger partial charge is 0.493 e. The van der Waals surface area contributed by atoms with Crippen molar-refractivity contribution in [3.8, 4) is 5.75 Å². The molecular formula is C13H16O3. The zero-order valence-electron chi connectivity index (χ0n) is 9.40. The van der Waals surface area contributed by atoms with Crippen LogP contribution in [0.3, 0.4) is 0 Å². The zero-order chi connectivity index (χ0) is 11.6. The van der Waals surface area contributed by atoms with E-state index in [9.17, 15) is 9.90 Å². The third kappa shape index (κ3) is 1.95. The van der Waals surface area contributed by atoms with E-state index in [1.54, 1.807) is 6.92 Å². The number of carbonyl (C=O) groups excluding carboxylic acids is 1. The summed E-state index contributed by atoms with van der Waals surface area (Å²) in [4.78, 5) is 10.6. The van der Waals surface area contributed by atoms with Gasteiger partial charge in [-0.05, 0) is 25.3 Å². The number of aryl methyl sites for hydroxylation is 1. The smallest absolute Gasteiger partial charge is 0.128 e. The molecule has 1 atom stereocenters. The summed E-state index contributed by atoms with van der Waals surface area (Å²) in [5, 5.41) is 10.2. The number of hydrogen-bond acceptors (Lipinski definition) is 3. The Morgan fingerprint density at radius 2 is 2.38 bits per heavy atom. The van der Waals surface area contributed by atoms with Crippen LogP contribution in [-0.4, -0.2) is 18.0 Å². The van der Waals surface area contributed by atoms with E-state index in [0.717, 1.165) is 36.0 Å². The van der Waals surface area contributed by atoms with Crippen LogP contribution in [0.1, 0.15) is 30.9 Å². The van der Waals surface area contributed by atoms with Crippen molar-refractivity contribution in [1.82, 2.24) is 0 Å². The predicted octanol–water partition coefficient (Wildman–Crippen LogP) is 1.81. The minimum atomic E-state index is -1.13. The summed E-state index contributed by atoms with van der Waals surface area (Å²) in [6.07, 6.45) is 2.81. The van der Waals surface area contributed by atoms with E-state index >= 15 is 0 Å². The van der Waals surface area contributed by atoms with Crippen molar-refractivity contribution < 1.29 is 14.6 Å². The lowest BCUT2D eigenvalue weighted by Gasteiger charge is -2.27. The molecule has 3 nitrogen and oxygen atoms in total. The second-order valence-corrected chi connectivity index (χ2v) is 4.39. The molecule has 1 aromatic carbocycles. The summed E-state index contributed by atoms with van der Waals surface area (Å²) in [6.45, 7) is 2.33. The highest BCUT2D eigenvalue weighted by molar-refractivity contribution is 5.55. The fourth-order valence-corrected chi connectivity index (χ4v) is 2.09. The third-order valence-corrected chi connectivity index (χ3v) is 2.99. The number of aldehydes is 1. The standard InChI is InChI=1S/C13H16O3/c1-13(15,7-8-14)11-6-2-4-10-5-3-9-16-12(10)11/h2,4,6,8,15H,3,5,7,9H2,1H3. The van der Waals surface area contributed by atoms with Crippen molar-refractivity contribution >= 4 is 6.29 Å². The summed E-state index contributed by atoms with van der Waals surface area (Å²) in [6, 6.07) is 5.74. The fraction of sp³-hybridized carbons (Fsp3) is 0.462. The first kappa shape index (κ1) is 11.1. The van der Waals surface area contributed by atoms with Gasteiger partial charge < -0.3 is 14.6 Å². The SMILES string of the molecule is CC(O)(CC=O)c1cccc2c1OCCC2. The molecule has 1 heterocycles. The van der Waals surface area contributed by atoms with Gasteiger partial charge in [-0.2, -0.15) is 0 Å². The van der Waals surface area contributed by atoms with Crippen LogP contribution >= 0.6 is 0 Å². The van der Waals surface area contributed by atoms with E-state index < -0.39 is 5.60 Å². The normalized spacial score (nSPS) is 18.1. The monoisotopic (exact) mass is 220 g/mol. The van der Waals surface area contributed by atoms with E-state index in [0.29, 0.717) is 6.61 Å². The first-order valence-corrected chi connectivity index (χ1v) is 5.56. The molecule has 2 rings (SSSR count). The Morgan fingerprint density at radius 1 is 1.56 bits per heavy atom. The van der Waals surface area contributed by atoms with Gasteiger partial charge in [-0.3, -0.25) is 0 Å². The van der Waals surface area contributed by atoms with Gasteiger partial charge >= 0.3 is 0 Å². The Balaban J connectivity index is 2.44. The molecule has 0 amide bonds. The Kier molecular flexibility index (Phi) is 2.97. The highest BCUT2D eigenvalue weighted by atomic mass is 16.5. The molecule has 0 aliphatic carbocycles. The lowest BCUT2D eigenvalue weighted by molar-refractivity contribution is -0.112. The average molecular weight is 220 g/mol. The molecule has 0 bridgehead atoms. The zero-order valence-corrected chi connectivity index (χ0v) is 9.40. The molecule has 0 spiro atoms. The number of ether oxygens (including phenoxy) is 1. The predicted molar refractivity (Wildman–Crippen MR) is 60.5 cm³/mol. The summed E-state index contributed by atoms with van der Waals surface area (Å²) < 4.78 is 5.61. The van der Waals surface area contributed by atoms with Gasteiger partial charge in [0.1, 0.15) is 12.0 Å². The van der Waals surface area contributed by atoms with E-state index in [2.05, 4.69) is 0 Å². The molecule has 1 aliphatic heterocycles. The number of fused-ring (bicyclic) bond motifs is 1. The maximum atomic E-state index is 10.6. The maximum Gasteiger partial charge on any atom is 0.128 e. The highest BCUT2D eigenvalue weighted by Crippen LogP contribution is 2.36. The van der Waals surface area contributed by atoms with Crippen LogP contribution in [0.25, 0.3) is 0 Å². The number of carbonyl (C=O) groups is 1. The first-order chi connectivity index (χ1) is 7.65. The molecule has 0 fully saturated rings. The Labute approximate surface area is 95.0 Å². The van der Waals surface area contributed by atoms with Gasteiger partial charge in [-0.15, -0.1) is 0 Å². The lowest BCUT2D eigenvalue weighted by Crippen LogP contribution is -2.24. The Bertz CT molecular complexity index is 396. The van der Waals surface area contributed by atoms with Crippen LogP contribution in [0, 0.1) is 0 Å². The minimum Gasteiger partial charge on any atom is -0.493 e. The molecule has 1 aliphatic rings. The summed E-state index contributed by atoms with van der Waals surface area (Å²) in [7, 11) is 0. The quantitative estimate of drug-likeness (QED) is 0.790. The molecular weight excluding hydrogens is 204 g/mol. The first-order valence-electron chi connectivity index (χ1n) is 5.56. The number of para-hydroxylation sites is 1. The number of benzene rings is 1. The van der Waals surface area contributed by atoms with Crippen LogP contribution in [0.4, 0.5) is 0 Å². The Morgan fingerprint density at radius 3 is 3.12 bits per heavy atom. The van der Waals surface area contributed by atoms with Crippen molar-refractivity contribution in [3.63, 3.8) is 0 Å². The van der Waals surface area contributed by atoms with E-state index in [1.807, 2.05) is 18.2 Å². The van der Waals surface area contributed by atoms with Crippen molar-refractivity contribution in [2.75, 3.05) is 6.61 Å². The van der Waals surface area contributed by atoms with Gasteiger partial charge in [-0.1, -0.05) is 18.2 Å². The molecule has 0 aromatic heterocycles. The molecule has 3 heteroatoms. The van der Waals surface area contributed by atoms with Crippen molar-refractivity contribution in [3.05, 3.63) is 29.3 Å². The summed E-state index contributed by atoms with van der Waals surface area (Å²) in [5.74, 6) is 0.764. The van der Waals surface area contributed by atoms with Gasteiger partial charge in [0.05, 0.1) is 12.2 Å². The van der Waals surface area contributed by atoms with Crippen LogP contribution in [0.15, 0.2) is 18.2 Å². The topological polar surface area (TPSA) is 46.5 Å². The minimum absolute atomic E-state index is 0.0901. The van der Waals surface area contributed by atoms with E-state index in [4.69, 9.17) is 4.74 Å². The molecule has 0 saturated heterocycles. The van der Waals surface area contributed by atoms with Crippen molar-refractivity contribution in [2.24, 2.45) is 0 Å². The fourth-order valence-electron chi connectivity index (χ4n) is 2.09. The van der Waals surface area contributed by atoms with Gasteiger partial charge in [0.15, 0.2) is 0 Å². The Hall–Kier alpha value is -1.35. The molecule has 1 aromatic rings. The van der Waals surface area contributed by atoms with Crippen molar-refractivity contribution in [2.45, 2.75) is 31.8 Å². The second kappa shape index (κ2) is 4.26. The summed E-state index contributed by atoms with van der Waals surface area (Å²) in [5.41, 5.74) is 0.705. The van der Waals surface area contributed by atoms with Gasteiger partial charge in [0.2, 0.25) is 0 Å². The average Bonchev–Trinajstić information content (AvgIpc) is 2.28. The molecule has 16 heavy (non-hydrogen) atoms. The van der Waals surface area contributed by atoms with Crippen LogP contribution in [0.5, 0.6) is 5.75 Å². The van der Waals surface area contributed by atoms with E-state index in [-0.39, 0.29) is 6.42 Å². The summed E-state index contributed by atoms with van der Waals surface area (Å²) >= 11 is 0. The van der Waals surface area contributed by atoms with Crippen LogP contribution in [0.2, 0.25) is 0 Å². The molecule has 0 radical (unpaired) electrons. The highest BCUT2D eigenvalue weighted by Gasteiger charge is 2.28. The maximum absolute atomic E-state index is 10.6. The molecule has 1 N–H and O–H groups in total. The molecule has 1 unspecified atom stereocenters. The molecule has 0 saturated carbocycles. The van der Waals surface area contributed by atoms with Gasteiger partial charge in [0.25, 0.3) is 0 Å². The number of rotatable bonds is 3. The van der Waals surface area contributed by atoms with Gasteiger partial charge in [-0.25, -0.2) is 0 Å². The third-order valence-electron chi connectivity index (χ3n) is 2.99. The van der Waals surface area contributed by atoms with Crippen LogP contribution < -0.4 is 4.74 Å². The van der Waals surface area contributed by atoms with Crippen LogP contribution in [-0.2, 0) is 16.8 Å². The van der Waals surface area contributed by atoms with Crippen molar-refractivity contribution in [1.29, 1.82) is 0 Å². The number of aliphatic hydroxyl groups is 1. The lowest BCUT2D eigenvalue weighted by atomic mass is 9.89. The van der Waals surface area contributed by atoms with E-state index in [1.165, 1.54) is 0 Å². The second-order valence-electron chi connectivity index (χ2n) is 4.39.